The van der Waals surface area contributed by atoms with Crippen LogP contribution in [0.5, 0.6) is 0 Å². The summed E-state index contributed by atoms with van der Waals surface area (Å²) in [6.45, 7) is -0.429. The zero-order chi connectivity index (χ0) is 35.8. The molecule has 0 aromatic heterocycles. The van der Waals surface area contributed by atoms with Crippen molar-refractivity contribution in [3.8, 4) is 0 Å². The van der Waals surface area contributed by atoms with Gasteiger partial charge in [0.05, 0.1) is 13.1 Å². The highest BCUT2D eigenvalue weighted by atomic mass is 32.2. The third kappa shape index (κ3) is 20.7. The summed E-state index contributed by atoms with van der Waals surface area (Å²) < 4.78 is 0. The fourth-order valence-corrected chi connectivity index (χ4v) is 4.87. The Kier molecular flexibility index (Phi) is 23.0. The Bertz CT molecular complexity index is 1070. The molecule has 47 heavy (non-hydrogen) atoms. The second-order valence-electron chi connectivity index (χ2n) is 10.2. The Hall–Kier alpha value is -3.98. The minimum absolute atomic E-state index is 0.0464. The lowest BCUT2D eigenvalue weighted by molar-refractivity contribution is -0.142. The summed E-state index contributed by atoms with van der Waals surface area (Å²) in [5, 5.41) is 41.6. The van der Waals surface area contributed by atoms with Gasteiger partial charge in [0.15, 0.2) is 11.9 Å². The van der Waals surface area contributed by atoms with Gasteiger partial charge in [0, 0.05) is 13.1 Å². The van der Waals surface area contributed by atoms with Crippen molar-refractivity contribution in [1.82, 2.24) is 37.2 Å². The Morgan fingerprint density at radius 2 is 1.06 bits per heavy atom. The zero-order valence-electron chi connectivity index (χ0n) is 26.7. The van der Waals surface area contributed by atoms with Crippen LogP contribution in [0.2, 0.25) is 0 Å². The van der Waals surface area contributed by atoms with Crippen molar-refractivity contribution in [2.45, 2.75) is 62.7 Å². The first-order valence-corrected chi connectivity index (χ1v) is 17.6. The van der Waals surface area contributed by atoms with Gasteiger partial charge in [0.2, 0.25) is 29.5 Å². The maximum atomic E-state index is 13.4. The number of thioether (sulfide) groups is 2. The second-order valence-corrected chi connectivity index (χ2v) is 12.1. The largest absolute Gasteiger partial charge is 0.480 e. The molecule has 21 heteroatoms. The molecule has 0 unspecified atom stereocenters. The number of aliphatic carboxylic acids is 1. The van der Waals surface area contributed by atoms with Gasteiger partial charge in [-0.05, 0) is 62.5 Å². The van der Waals surface area contributed by atoms with E-state index in [4.69, 9.17) is 28.0 Å². The van der Waals surface area contributed by atoms with E-state index in [1.54, 1.807) is 6.26 Å². The fraction of sp³-hybridized carbons (Fsp3) is 0.692. The lowest BCUT2D eigenvalue weighted by Crippen LogP contribution is -2.57. The Balaban J connectivity index is 5.60. The van der Waals surface area contributed by atoms with E-state index >= 15 is 0 Å². The Labute approximate surface area is 282 Å². The Morgan fingerprint density at radius 1 is 0.638 bits per heavy atom. The molecule has 4 atom stereocenters. The lowest BCUT2D eigenvalue weighted by Gasteiger charge is -2.25. The van der Waals surface area contributed by atoms with E-state index in [-0.39, 0.29) is 57.2 Å². The fourth-order valence-electron chi connectivity index (χ4n) is 3.93. The predicted molar refractivity (Wildman–Crippen MR) is 182 cm³/mol. The van der Waals surface area contributed by atoms with Crippen molar-refractivity contribution in [3.63, 3.8) is 0 Å². The Morgan fingerprint density at radius 3 is 1.49 bits per heavy atom. The van der Waals surface area contributed by atoms with Crippen molar-refractivity contribution >= 4 is 70.9 Å². The SMILES string of the molecule is CSCC[C@H](NC(=O)CN)C(=O)N[C@@H](CCCNC(=N)N)C(=O)N[C@@H](CCSC)C(=O)NCC(=O)N[C@@H](CCCNC(=N)N)C(=O)O. The average molecular weight is 707 g/mol. The first-order chi connectivity index (χ1) is 22.2. The number of carbonyl (C=O) groups is 6. The van der Waals surface area contributed by atoms with Gasteiger partial charge in [0.25, 0.3) is 0 Å². The molecule has 0 bridgehead atoms. The molecule has 0 aromatic carbocycles. The molecular formula is C26H50N12O7S2. The summed E-state index contributed by atoms with van der Waals surface area (Å²) in [6, 6.07) is -4.44. The summed E-state index contributed by atoms with van der Waals surface area (Å²) in [4.78, 5) is 75.6. The normalized spacial score (nSPS) is 13.1. The number of carboxylic acid groups (broad SMARTS) is 1. The highest BCUT2D eigenvalue weighted by Gasteiger charge is 2.29. The van der Waals surface area contributed by atoms with Crippen LogP contribution in [0.1, 0.15) is 38.5 Å². The van der Waals surface area contributed by atoms with Crippen molar-refractivity contribution in [2.75, 3.05) is 50.2 Å². The number of hydrogen-bond donors (Lipinski definition) is 13. The van der Waals surface area contributed by atoms with E-state index in [9.17, 15) is 33.9 Å². The van der Waals surface area contributed by atoms with Crippen LogP contribution in [0.3, 0.4) is 0 Å². The smallest absolute Gasteiger partial charge is 0.326 e. The molecule has 0 heterocycles. The van der Waals surface area contributed by atoms with E-state index in [2.05, 4.69) is 37.2 Å². The number of hydrogen-bond acceptors (Lipinski definition) is 11. The highest BCUT2D eigenvalue weighted by molar-refractivity contribution is 7.98. The minimum Gasteiger partial charge on any atom is -0.480 e. The van der Waals surface area contributed by atoms with Gasteiger partial charge in [0.1, 0.15) is 24.2 Å². The van der Waals surface area contributed by atoms with Crippen LogP contribution in [0.25, 0.3) is 0 Å². The van der Waals surface area contributed by atoms with Gasteiger partial charge in [-0.2, -0.15) is 23.5 Å². The molecule has 0 fully saturated rings. The van der Waals surface area contributed by atoms with Gasteiger partial charge >= 0.3 is 5.97 Å². The number of amides is 5. The molecule has 0 saturated heterocycles. The maximum absolute atomic E-state index is 13.4. The number of rotatable bonds is 25. The third-order valence-corrected chi connectivity index (χ3v) is 7.64. The van der Waals surface area contributed by atoms with Crippen LogP contribution in [0.15, 0.2) is 0 Å². The molecule has 19 nitrogen and oxygen atoms in total. The summed E-state index contributed by atoms with van der Waals surface area (Å²) in [5.41, 5.74) is 15.9. The lowest BCUT2D eigenvalue weighted by atomic mass is 10.1. The van der Waals surface area contributed by atoms with Crippen molar-refractivity contribution < 1.29 is 33.9 Å². The molecule has 0 aliphatic rings. The molecule has 5 amide bonds. The highest BCUT2D eigenvalue weighted by Crippen LogP contribution is 2.07. The first-order valence-electron chi connectivity index (χ1n) is 14.8. The van der Waals surface area contributed by atoms with Crippen molar-refractivity contribution in [3.05, 3.63) is 0 Å². The van der Waals surface area contributed by atoms with Crippen LogP contribution < -0.4 is 54.4 Å². The molecule has 0 aliphatic carbocycles. The molecule has 16 N–H and O–H groups in total. The predicted octanol–water partition coefficient (Wildman–Crippen LogP) is -3.88. The van der Waals surface area contributed by atoms with E-state index in [1.165, 1.54) is 23.5 Å². The van der Waals surface area contributed by atoms with E-state index in [1.807, 2.05) is 6.26 Å². The number of nitrogens with one attached hydrogen (secondary N) is 9. The third-order valence-electron chi connectivity index (χ3n) is 6.35. The topological polar surface area (TPSA) is 333 Å². The standard InChI is InChI=1S/C26H50N12O7S2/c1-46-11-7-16(21(41)34-14-20(40)36-18(24(44)45)6-4-10-33-26(30)31)38-22(42)15(5-3-9-32-25(28)29)37-23(43)17(8-12-47-2)35-19(39)13-27/h15-18H,3-14,27H2,1-2H3,(H,34,41)(H,35,39)(H,36,40)(H,37,43)(H,38,42)(H,44,45)(H4,28,29,32)(H4,30,31,33)/t15-,16-,17-,18-/m0/s1. The quantitative estimate of drug-likeness (QED) is 0.0245. The van der Waals surface area contributed by atoms with Gasteiger partial charge in [-0.3, -0.25) is 34.8 Å². The van der Waals surface area contributed by atoms with Crippen LogP contribution in [0, 0.1) is 10.8 Å². The van der Waals surface area contributed by atoms with Crippen molar-refractivity contribution in [1.29, 1.82) is 10.8 Å². The minimum atomic E-state index is -1.28. The van der Waals surface area contributed by atoms with Gasteiger partial charge < -0.3 is 59.5 Å². The van der Waals surface area contributed by atoms with E-state index in [0.717, 1.165) is 0 Å². The monoisotopic (exact) mass is 706 g/mol. The molecule has 0 radical (unpaired) electrons. The molecule has 0 spiro atoms. The molecule has 0 saturated carbocycles. The average Bonchev–Trinajstić information content (AvgIpc) is 3.01. The molecular weight excluding hydrogens is 656 g/mol. The first kappa shape index (κ1) is 43.0. The molecule has 0 aliphatic heterocycles. The van der Waals surface area contributed by atoms with Crippen LogP contribution in [-0.2, 0) is 28.8 Å². The van der Waals surface area contributed by atoms with Crippen LogP contribution >= 0.6 is 23.5 Å². The number of nitrogens with two attached hydrogens (primary N) is 3. The molecule has 0 rings (SSSR count). The summed E-state index contributed by atoms with van der Waals surface area (Å²) in [6.07, 6.45) is 4.83. The van der Waals surface area contributed by atoms with Gasteiger partial charge in [-0.1, -0.05) is 0 Å². The van der Waals surface area contributed by atoms with E-state index in [0.29, 0.717) is 24.3 Å². The van der Waals surface area contributed by atoms with Gasteiger partial charge in [-0.25, -0.2) is 4.79 Å². The number of carboxylic acids is 1. The van der Waals surface area contributed by atoms with Crippen molar-refractivity contribution in [2.24, 2.45) is 17.2 Å². The zero-order valence-corrected chi connectivity index (χ0v) is 28.4. The number of guanidine groups is 2. The maximum Gasteiger partial charge on any atom is 0.326 e. The number of carbonyl (C=O) groups excluding carboxylic acids is 5. The molecule has 268 valence electrons. The summed E-state index contributed by atoms with van der Waals surface area (Å²) >= 11 is 2.88. The van der Waals surface area contributed by atoms with Crippen LogP contribution in [-0.4, -0.2) is 127 Å². The molecule has 0 aromatic rings. The van der Waals surface area contributed by atoms with E-state index < -0.39 is 66.2 Å². The second kappa shape index (κ2) is 25.2. The summed E-state index contributed by atoms with van der Waals surface area (Å²) in [7, 11) is 0. The van der Waals surface area contributed by atoms with Gasteiger partial charge in [-0.15, -0.1) is 0 Å². The summed E-state index contributed by atoms with van der Waals surface area (Å²) in [5.74, 6) is -4.13. The van der Waals surface area contributed by atoms with Crippen LogP contribution in [0.4, 0.5) is 0 Å².